The summed E-state index contributed by atoms with van der Waals surface area (Å²) in [6, 6.07) is 22.1. The molecular formula is C31H34N6O2. The van der Waals surface area contributed by atoms with Crippen LogP contribution in [0.25, 0.3) is 22.0 Å². The number of hydrogen-bond acceptors (Lipinski definition) is 6. The van der Waals surface area contributed by atoms with Crippen molar-refractivity contribution >= 4 is 45.7 Å². The van der Waals surface area contributed by atoms with Crippen molar-refractivity contribution in [1.29, 1.82) is 0 Å². The number of unbranched alkanes of at least 4 members (excludes halogenated alkanes) is 1. The first-order valence-corrected chi connectivity index (χ1v) is 13.5. The van der Waals surface area contributed by atoms with Gasteiger partial charge in [-0.2, -0.15) is 0 Å². The molecule has 2 N–H and O–H groups in total. The van der Waals surface area contributed by atoms with E-state index in [4.69, 9.17) is 4.98 Å². The highest BCUT2D eigenvalue weighted by atomic mass is 16.2. The van der Waals surface area contributed by atoms with Gasteiger partial charge in [-0.3, -0.25) is 9.59 Å². The van der Waals surface area contributed by atoms with Gasteiger partial charge in [-0.15, -0.1) is 0 Å². The molecule has 1 aromatic heterocycles. The highest BCUT2D eigenvalue weighted by molar-refractivity contribution is 5.95. The van der Waals surface area contributed by atoms with Crippen LogP contribution in [0.4, 0.5) is 23.0 Å². The predicted octanol–water partition coefficient (Wildman–Crippen LogP) is 5.84. The second kappa shape index (κ2) is 11.9. The Hall–Kier alpha value is -4.46. The van der Waals surface area contributed by atoms with Crippen LogP contribution < -0.4 is 15.5 Å². The van der Waals surface area contributed by atoms with Crippen LogP contribution in [0.5, 0.6) is 0 Å². The Morgan fingerprint density at radius 1 is 0.923 bits per heavy atom. The monoisotopic (exact) mass is 522 g/mol. The first kappa shape index (κ1) is 26.2. The largest absolute Gasteiger partial charge is 0.368 e. The van der Waals surface area contributed by atoms with E-state index < -0.39 is 0 Å². The molecule has 1 aliphatic rings. The fourth-order valence-corrected chi connectivity index (χ4v) is 4.83. The van der Waals surface area contributed by atoms with Crippen LogP contribution in [0.15, 0.2) is 72.9 Å². The Labute approximate surface area is 229 Å². The Kier molecular flexibility index (Phi) is 8.01. The molecule has 0 bridgehead atoms. The molecule has 1 fully saturated rings. The van der Waals surface area contributed by atoms with Crippen LogP contribution in [0.1, 0.15) is 33.1 Å². The molecule has 200 valence electrons. The van der Waals surface area contributed by atoms with Crippen LogP contribution in [0, 0.1) is 0 Å². The number of amides is 2. The summed E-state index contributed by atoms with van der Waals surface area (Å²) in [6.07, 6.45) is 4.25. The summed E-state index contributed by atoms with van der Waals surface area (Å²) in [7, 11) is 0. The van der Waals surface area contributed by atoms with E-state index in [1.807, 2.05) is 59.6 Å². The summed E-state index contributed by atoms with van der Waals surface area (Å²) in [4.78, 5) is 37.3. The number of carbonyl (C=O) groups excluding carboxylic acids is 2. The molecule has 0 spiro atoms. The Balaban J connectivity index is 1.33. The first-order chi connectivity index (χ1) is 19.0. The Morgan fingerprint density at radius 2 is 1.69 bits per heavy atom. The summed E-state index contributed by atoms with van der Waals surface area (Å²) in [5.41, 5.74) is 5.67. The highest BCUT2D eigenvalue weighted by Crippen LogP contribution is 2.30. The van der Waals surface area contributed by atoms with Gasteiger partial charge in [0.05, 0.1) is 5.52 Å². The maximum Gasteiger partial charge on any atom is 0.227 e. The number of anilines is 4. The zero-order valence-corrected chi connectivity index (χ0v) is 22.5. The van der Waals surface area contributed by atoms with Crippen molar-refractivity contribution in [1.82, 2.24) is 14.9 Å². The van der Waals surface area contributed by atoms with Gasteiger partial charge in [-0.05, 0) is 42.3 Å². The number of fused-ring (bicyclic) bond motifs is 1. The van der Waals surface area contributed by atoms with Crippen molar-refractivity contribution in [2.24, 2.45) is 0 Å². The third-order valence-electron chi connectivity index (χ3n) is 7.04. The van der Waals surface area contributed by atoms with Gasteiger partial charge in [0.15, 0.2) is 0 Å². The number of nitrogens with one attached hydrogen (secondary N) is 2. The van der Waals surface area contributed by atoms with Gasteiger partial charge in [0.2, 0.25) is 17.8 Å². The zero-order valence-electron chi connectivity index (χ0n) is 22.5. The van der Waals surface area contributed by atoms with Crippen LogP contribution in [0.2, 0.25) is 0 Å². The lowest BCUT2D eigenvalue weighted by Gasteiger charge is -2.35. The van der Waals surface area contributed by atoms with Crippen LogP contribution in [0.3, 0.4) is 0 Å². The summed E-state index contributed by atoms with van der Waals surface area (Å²) >= 11 is 0. The summed E-state index contributed by atoms with van der Waals surface area (Å²) < 4.78 is 0. The molecule has 1 saturated heterocycles. The van der Waals surface area contributed by atoms with Gasteiger partial charge < -0.3 is 20.4 Å². The van der Waals surface area contributed by atoms with E-state index in [0.29, 0.717) is 12.4 Å². The van der Waals surface area contributed by atoms with Crippen molar-refractivity contribution in [3.8, 4) is 11.1 Å². The molecule has 0 saturated carbocycles. The minimum atomic E-state index is 0.0422. The third kappa shape index (κ3) is 6.34. The average molecular weight is 523 g/mol. The van der Waals surface area contributed by atoms with Crippen molar-refractivity contribution in [3.63, 3.8) is 0 Å². The number of hydrogen-bond donors (Lipinski definition) is 2. The Morgan fingerprint density at radius 3 is 2.44 bits per heavy atom. The molecule has 1 aliphatic heterocycles. The van der Waals surface area contributed by atoms with E-state index in [9.17, 15) is 9.59 Å². The average Bonchev–Trinajstić information content (AvgIpc) is 2.96. The van der Waals surface area contributed by atoms with Gasteiger partial charge >= 0.3 is 0 Å². The van der Waals surface area contributed by atoms with Crippen molar-refractivity contribution in [2.45, 2.75) is 33.1 Å². The number of aromatic nitrogens is 2. The smallest absolute Gasteiger partial charge is 0.227 e. The molecule has 39 heavy (non-hydrogen) atoms. The highest BCUT2D eigenvalue weighted by Gasteiger charge is 2.19. The topological polar surface area (TPSA) is 90.5 Å². The quantitative estimate of drug-likeness (QED) is 0.302. The molecule has 3 aromatic carbocycles. The molecule has 0 atom stereocenters. The van der Waals surface area contributed by atoms with Crippen molar-refractivity contribution in [3.05, 3.63) is 72.9 Å². The zero-order chi connectivity index (χ0) is 27.2. The second-order valence-electron chi connectivity index (χ2n) is 9.83. The van der Waals surface area contributed by atoms with Crippen molar-refractivity contribution in [2.75, 3.05) is 41.7 Å². The maximum atomic E-state index is 12.1. The van der Waals surface area contributed by atoms with E-state index in [1.165, 1.54) is 0 Å². The molecule has 2 amide bonds. The summed E-state index contributed by atoms with van der Waals surface area (Å²) in [5, 5.41) is 7.29. The number of para-hydroxylation sites is 1. The standard InChI is InChI=1S/C31H34N6O2/c1-3-4-11-29(39)33-25-14-12-23(13-15-25)28-10-5-7-24-21-32-31(35-30(24)28)34-26-8-6-9-27(20-26)37-18-16-36(17-19-37)22(2)38/h5-10,12-15,20-21H,3-4,11,16-19H2,1-2H3,(H,33,39)(H,32,34,35). The molecular weight excluding hydrogens is 488 g/mol. The normalized spacial score (nSPS) is 13.4. The molecule has 0 aliphatic carbocycles. The lowest BCUT2D eigenvalue weighted by molar-refractivity contribution is -0.129. The Bertz CT molecular complexity index is 1460. The van der Waals surface area contributed by atoms with Gasteiger partial charge in [0.25, 0.3) is 0 Å². The SMILES string of the molecule is CCCCC(=O)Nc1ccc(-c2cccc3cnc(Nc4cccc(N5CCN(C(C)=O)CC5)c4)nc23)cc1. The minimum absolute atomic E-state index is 0.0422. The van der Waals surface area contributed by atoms with Gasteiger partial charge in [0.1, 0.15) is 0 Å². The van der Waals surface area contributed by atoms with Gasteiger partial charge in [0, 0.05) is 73.7 Å². The van der Waals surface area contributed by atoms with E-state index in [-0.39, 0.29) is 11.8 Å². The number of benzene rings is 3. The van der Waals surface area contributed by atoms with E-state index >= 15 is 0 Å². The number of nitrogens with zero attached hydrogens (tertiary/aromatic N) is 4. The number of rotatable bonds is 8. The summed E-state index contributed by atoms with van der Waals surface area (Å²) in [6.45, 7) is 6.78. The molecule has 5 rings (SSSR count). The minimum Gasteiger partial charge on any atom is -0.368 e. The molecule has 8 heteroatoms. The van der Waals surface area contributed by atoms with E-state index in [1.54, 1.807) is 6.92 Å². The lowest BCUT2D eigenvalue weighted by Crippen LogP contribution is -2.48. The number of carbonyl (C=O) groups is 2. The van der Waals surface area contributed by atoms with Crippen LogP contribution in [-0.2, 0) is 9.59 Å². The molecule has 8 nitrogen and oxygen atoms in total. The van der Waals surface area contributed by atoms with E-state index in [0.717, 1.165) is 78.1 Å². The second-order valence-corrected chi connectivity index (χ2v) is 9.83. The van der Waals surface area contributed by atoms with E-state index in [2.05, 4.69) is 45.6 Å². The van der Waals surface area contributed by atoms with Crippen LogP contribution in [-0.4, -0.2) is 52.9 Å². The molecule has 4 aromatic rings. The summed E-state index contributed by atoms with van der Waals surface area (Å²) in [5.74, 6) is 0.692. The molecule has 2 heterocycles. The first-order valence-electron chi connectivity index (χ1n) is 13.5. The predicted molar refractivity (Wildman–Crippen MR) is 157 cm³/mol. The van der Waals surface area contributed by atoms with Gasteiger partial charge in [-0.1, -0.05) is 49.7 Å². The molecule has 0 unspecified atom stereocenters. The van der Waals surface area contributed by atoms with Crippen molar-refractivity contribution < 1.29 is 9.59 Å². The maximum absolute atomic E-state index is 12.1. The fraction of sp³-hybridized carbons (Fsp3) is 0.290. The molecule has 0 radical (unpaired) electrons. The van der Waals surface area contributed by atoms with Gasteiger partial charge in [-0.25, -0.2) is 9.97 Å². The lowest BCUT2D eigenvalue weighted by atomic mass is 10.0. The number of piperazine rings is 1. The fourth-order valence-electron chi connectivity index (χ4n) is 4.83. The van der Waals surface area contributed by atoms with Crippen LogP contribution >= 0.6 is 0 Å². The third-order valence-corrected chi connectivity index (χ3v) is 7.04.